The molecule has 1 atom stereocenters. The highest BCUT2D eigenvalue weighted by Gasteiger charge is 2.64. The van der Waals surface area contributed by atoms with Gasteiger partial charge in [-0.05, 0) is 64.5 Å². The van der Waals surface area contributed by atoms with Crippen molar-refractivity contribution in [2.45, 2.75) is 68.5 Å². The molecule has 164 valence electrons. The van der Waals surface area contributed by atoms with Crippen molar-refractivity contribution >= 4 is 21.8 Å². The molecule has 5 rings (SSSR count). The lowest BCUT2D eigenvalue weighted by Crippen LogP contribution is -2.71. The molecule has 1 aromatic carbocycles. The highest BCUT2D eigenvalue weighted by Crippen LogP contribution is 2.62. The molecule has 2 bridgehead atoms. The van der Waals surface area contributed by atoms with Crippen molar-refractivity contribution in [3.63, 3.8) is 0 Å². The minimum absolute atomic E-state index is 0.0496. The third-order valence-electron chi connectivity index (χ3n) is 6.22. The van der Waals surface area contributed by atoms with Crippen LogP contribution in [0, 0.1) is 16.0 Å². The van der Waals surface area contributed by atoms with E-state index in [0.29, 0.717) is 18.9 Å². The Kier molecular flexibility index (Phi) is 4.85. The predicted octanol–water partition coefficient (Wildman–Crippen LogP) is 3.15. The molecule has 3 aliphatic carbocycles. The Labute approximate surface area is 176 Å². The molecule has 0 aromatic heterocycles. The van der Waals surface area contributed by atoms with E-state index in [9.17, 15) is 23.3 Å². The summed E-state index contributed by atoms with van der Waals surface area (Å²) in [5, 5.41) is 10.9. The van der Waals surface area contributed by atoms with Crippen molar-refractivity contribution in [2.75, 3.05) is 13.1 Å². The van der Waals surface area contributed by atoms with E-state index in [1.165, 1.54) is 24.3 Å². The van der Waals surface area contributed by atoms with Gasteiger partial charge in [-0.15, -0.1) is 0 Å². The van der Waals surface area contributed by atoms with Crippen LogP contribution in [-0.4, -0.2) is 58.9 Å². The van der Waals surface area contributed by atoms with Crippen molar-refractivity contribution < 1.29 is 22.9 Å². The van der Waals surface area contributed by atoms with Crippen LogP contribution in [-0.2, 0) is 14.8 Å². The van der Waals surface area contributed by atoms with Crippen molar-refractivity contribution in [2.24, 2.45) is 5.92 Å². The molecule has 1 heterocycles. The second-order valence-electron chi connectivity index (χ2n) is 9.62. The first-order valence-electron chi connectivity index (χ1n) is 10.2. The predicted molar refractivity (Wildman–Crippen MR) is 108 cm³/mol. The Balaban J connectivity index is 1.59. The van der Waals surface area contributed by atoms with Crippen molar-refractivity contribution in [1.29, 1.82) is 0 Å². The minimum atomic E-state index is -3.86. The van der Waals surface area contributed by atoms with E-state index in [1.54, 1.807) is 30.0 Å². The van der Waals surface area contributed by atoms with Crippen LogP contribution in [0.1, 0.15) is 46.5 Å². The molecule has 30 heavy (non-hydrogen) atoms. The maximum atomic E-state index is 13.6. The Bertz CT molecular complexity index is 952. The zero-order chi connectivity index (χ0) is 21.9. The maximum absolute atomic E-state index is 13.6. The fourth-order valence-electron chi connectivity index (χ4n) is 4.82. The van der Waals surface area contributed by atoms with E-state index >= 15 is 0 Å². The van der Waals surface area contributed by atoms with Crippen LogP contribution in [0.4, 0.5) is 10.5 Å². The van der Waals surface area contributed by atoms with E-state index in [1.807, 2.05) is 0 Å². The topological polar surface area (TPSA) is 110 Å². The van der Waals surface area contributed by atoms with Crippen LogP contribution in [0.2, 0.25) is 0 Å². The summed E-state index contributed by atoms with van der Waals surface area (Å²) in [5.41, 5.74) is -1.16. The van der Waals surface area contributed by atoms with Crippen LogP contribution in [0.15, 0.2) is 29.2 Å². The molecule has 10 heteroatoms. The highest BCUT2D eigenvalue weighted by atomic mass is 32.2. The lowest BCUT2D eigenvalue weighted by molar-refractivity contribution is -0.384. The van der Waals surface area contributed by atoms with Crippen molar-refractivity contribution in [1.82, 2.24) is 9.21 Å². The zero-order valence-corrected chi connectivity index (χ0v) is 18.2. The number of sulfonamides is 1. The molecular weight excluding hydrogens is 410 g/mol. The van der Waals surface area contributed by atoms with Gasteiger partial charge < -0.3 is 9.64 Å². The average molecular weight is 438 g/mol. The largest absolute Gasteiger partial charge is 0.444 e. The van der Waals surface area contributed by atoms with E-state index in [4.69, 9.17) is 4.74 Å². The number of hydrogen-bond acceptors (Lipinski definition) is 6. The Morgan fingerprint density at radius 3 is 2.30 bits per heavy atom. The van der Waals surface area contributed by atoms with Crippen molar-refractivity contribution in [3.8, 4) is 0 Å². The molecule has 0 spiro atoms. The molecule has 9 nitrogen and oxygen atoms in total. The van der Waals surface area contributed by atoms with Gasteiger partial charge >= 0.3 is 6.09 Å². The average Bonchev–Trinajstić information content (AvgIpc) is 3.04. The molecule has 0 N–H and O–H groups in total. The fraction of sp³-hybridized carbons (Fsp3) is 0.650. The van der Waals surface area contributed by atoms with Gasteiger partial charge in [-0.3, -0.25) is 10.1 Å². The first-order valence-corrected chi connectivity index (χ1v) is 11.6. The number of nitrogens with zero attached hydrogens (tertiary/aromatic N) is 3. The number of ether oxygens (including phenoxy) is 1. The molecule has 1 aliphatic heterocycles. The number of nitro groups is 1. The number of amides is 1. The van der Waals surface area contributed by atoms with Crippen LogP contribution in [0.3, 0.4) is 0 Å². The molecule has 4 fully saturated rings. The van der Waals surface area contributed by atoms with E-state index in [2.05, 4.69) is 0 Å². The number of carbonyl (C=O) groups is 1. The molecule has 1 saturated heterocycles. The van der Waals surface area contributed by atoms with Gasteiger partial charge in [0.25, 0.3) is 5.69 Å². The molecular formula is C20H27N3O6S. The van der Waals surface area contributed by atoms with Gasteiger partial charge in [0.15, 0.2) is 0 Å². The summed E-state index contributed by atoms with van der Waals surface area (Å²) in [6, 6.07) is 4.70. The van der Waals surface area contributed by atoms with Gasteiger partial charge in [0.1, 0.15) is 5.60 Å². The summed E-state index contributed by atoms with van der Waals surface area (Å²) < 4.78 is 34.2. The number of non-ortho nitro benzene ring substituents is 1. The number of rotatable bonds is 5. The summed E-state index contributed by atoms with van der Waals surface area (Å²) in [6.07, 6.45) is 2.61. The summed E-state index contributed by atoms with van der Waals surface area (Å²) >= 11 is 0. The Morgan fingerprint density at radius 1 is 1.23 bits per heavy atom. The zero-order valence-electron chi connectivity index (χ0n) is 17.4. The quantitative estimate of drug-likeness (QED) is 0.517. The van der Waals surface area contributed by atoms with Gasteiger partial charge in [0, 0.05) is 36.8 Å². The Morgan fingerprint density at radius 2 is 1.83 bits per heavy atom. The van der Waals surface area contributed by atoms with Crippen LogP contribution >= 0.6 is 0 Å². The third-order valence-corrected chi connectivity index (χ3v) is 8.30. The standard InChI is InChI=1S/C20H27N3O6S/c1-19(2,3)29-18(24)21-9-8-16(13-21)22(20-10-14(11-20)12-20)30(27,28)17-6-4-15(5-7-17)23(25)26/h4-7,14,16H,8-13H2,1-3H3/t14?,16-,20?/m1/s1. The van der Waals surface area contributed by atoms with Gasteiger partial charge in [0.05, 0.1) is 9.82 Å². The second-order valence-corrected chi connectivity index (χ2v) is 11.4. The molecule has 3 saturated carbocycles. The van der Waals surface area contributed by atoms with Gasteiger partial charge in [-0.1, -0.05) is 0 Å². The van der Waals surface area contributed by atoms with Gasteiger partial charge in [-0.2, -0.15) is 4.31 Å². The van der Waals surface area contributed by atoms with E-state index in [-0.39, 0.29) is 28.7 Å². The minimum Gasteiger partial charge on any atom is -0.444 e. The highest BCUT2D eigenvalue weighted by molar-refractivity contribution is 7.89. The molecule has 1 amide bonds. The Hall–Kier alpha value is -2.20. The first-order chi connectivity index (χ1) is 13.9. The molecule has 0 unspecified atom stereocenters. The molecule has 4 aliphatic rings. The summed E-state index contributed by atoms with van der Waals surface area (Å²) in [5.74, 6) is 0.572. The second kappa shape index (κ2) is 6.91. The number of hydrogen-bond donors (Lipinski definition) is 0. The van der Waals surface area contributed by atoms with Gasteiger partial charge in [0.2, 0.25) is 10.0 Å². The number of benzene rings is 1. The summed E-state index contributed by atoms with van der Waals surface area (Å²) in [7, 11) is -3.86. The van der Waals surface area contributed by atoms with Gasteiger partial charge in [-0.25, -0.2) is 13.2 Å². The summed E-state index contributed by atoms with van der Waals surface area (Å²) in [6.45, 7) is 6.11. The van der Waals surface area contributed by atoms with E-state index < -0.39 is 26.6 Å². The lowest BCUT2D eigenvalue weighted by Gasteiger charge is -2.66. The molecule has 1 aromatic rings. The normalized spacial score (nSPS) is 28.1. The first kappa shape index (κ1) is 21.0. The van der Waals surface area contributed by atoms with E-state index in [0.717, 1.165) is 19.3 Å². The van der Waals surface area contributed by atoms with Crippen LogP contribution in [0.25, 0.3) is 0 Å². The van der Waals surface area contributed by atoms with Crippen molar-refractivity contribution in [3.05, 3.63) is 34.4 Å². The maximum Gasteiger partial charge on any atom is 0.410 e. The number of carbonyl (C=O) groups excluding carboxylic acids is 1. The third kappa shape index (κ3) is 3.56. The van der Waals surface area contributed by atoms with Crippen LogP contribution < -0.4 is 0 Å². The number of nitro benzene ring substituents is 1. The number of likely N-dealkylation sites (tertiary alicyclic amines) is 1. The molecule has 0 radical (unpaired) electrons. The smallest absolute Gasteiger partial charge is 0.410 e. The lowest BCUT2D eigenvalue weighted by atomic mass is 9.49. The fourth-order valence-corrected chi connectivity index (χ4v) is 6.83. The van der Waals surface area contributed by atoms with Crippen LogP contribution in [0.5, 0.6) is 0 Å². The summed E-state index contributed by atoms with van der Waals surface area (Å²) in [4.78, 5) is 24.5. The SMILES string of the molecule is CC(C)(C)OC(=O)N1CC[C@@H](N(C23CC(C2)C3)S(=O)(=O)c2ccc([N+](=O)[O-])cc2)C1. The monoisotopic (exact) mass is 437 g/mol.